The minimum Gasteiger partial charge on any atom is -0.444 e. The first-order valence-electron chi connectivity index (χ1n) is 18.3. The summed E-state index contributed by atoms with van der Waals surface area (Å²) in [5.41, 5.74) is -0.360. The Hall–Kier alpha value is -4.18. The molecule has 1 saturated carbocycles. The van der Waals surface area contributed by atoms with Crippen molar-refractivity contribution < 1.29 is 41.9 Å². The summed E-state index contributed by atoms with van der Waals surface area (Å²) in [6.45, 7) is 6.34. The summed E-state index contributed by atoms with van der Waals surface area (Å²) in [5.74, 6) is -2.54. The van der Waals surface area contributed by atoms with Crippen LogP contribution in [-0.4, -0.2) is 101 Å². The lowest BCUT2D eigenvalue weighted by molar-refractivity contribution is -0.141. The van der Waals surface area contributed by atoms with Crippen LogP contribution in [0.25, 0.3) is 0 Å². The molecule has 0 unspecified atom stereocenters. The highest BCUT2D eigenvalue weighted by Crippen LogP contribution is 2.46. The second-order valence-electron chi connectivity index (χ2n) is 15.5. The van der Waals surface area contributed by atoms with Gasteiger partial charge in [0, 0.05) is 38.5 Å². The van der Waals surface area contributed by atoms with Gasteiger partial charge in [-0.05, 0) is 70.4 Å². The maximum atomic E-state index is 14.3. The summed E-state index contributed by atoms with van der Waals surface area (Å²) in [6, 6.07) is 5.47. The number of ether oxygens (including phenoxy) is 2. The Balaban J connectivity index is 1.25. The van der Waals surface area contributed by atoms with E-state index in [9.17, 15) is 32.4 Å². The fourth-order valence-corrected chi connectivity index (χ4v) is 8.78. The van der Waals surface area contributed by atoms with Crippen LogP contribution >= 0.6 is 0 Å². The second kappa shape index (κ2) is 15.0. The molecule has 0 radical (unpaired) electrons. The molecule has 15 nitrogen and oxygen atoms in total. The number of nitrogens with one attached hydrogen (secondary N) is 3. The van der Waals surface area contributed by atoms with Crippen LogP contribution < -0.4 is 15.4 Å². The van der Waals surface area contributed by atoms with Crippen molar-refractivity contribution in [3.05, 3.63) is 47.5 Å². The Morgan fingerprint density at radius 3 is 2.35 bits per heavy atom. The minimum absolute atomic E-state index is 0.0620. The van der Waals surface area contributed by atoms with Crippen molar-refractivity contribution in [2.24, 2.45) is 5.92 Å². The van der Waals surface area contributed by atoms with E-state index < -0.39 is 75.4 Å². The number of nitrogens with zero attached hydrogens (tertiary/aromatic N) is 3. The summed E-state index contributed by atoms with van der Waals surface area (Å²) in [7, 11) is -4.13. The molecule has 52 heavy (non-hydrogen) atoms. The predicted molar refractivity (Wildman–Crippen MR) is 188 cm³/mol. The minimum atomic E-state index is -4.13. The topological polar surface area (TPSA) is 184 Å². The Morgan fingerprint density at radius 2 is 1.67 bits per heavy atom. The van der Waals surface area contributed by atoms with Crippen LogP contribution in [0.5, 0.6) is 0 Å². The largest absolute Gasteiger partial charge is 0.444 e. The van der Waals surface area contributed by atoms with E-state index >= 15 is 0 Å². The van der Waals surface area contributed by atoms with E-state index in [0.717, 1.165) is 24.0 Å². The molecule has 0 spiro atoms. The zero-order valence-electron chi connectivity index (χ0n) is 30.1. The summed E-state index contributed by atoms with van der Waals surface area (Å²) >= 11 is 0. The van der Waals surface area contributed by atoms with Crippen molar-refractivity contribution in [1.29, 1.82) is 0 Å². The molecule has 4 aliphatic heterocycles. The van der Waals surface area contributed by atoms with Gasteiger partial charge in [-0.2, -0.15) is 12.7 Å². The number of carbonyl (C=O) groups is 5. The Kier molecular flexibility index (Phi) is 10.9. The van der Waals surface area contributed by atoms with Crippen LogP contribution in [0.4, 0.5) is 9.59 Å². The molecule has 3 N–H and O–H groups in total. The maximum absolute atomic E-state index is 14.3. The molecule has 16 heteroatoms. The van der Waals surface area contributed by atoms with E-state index in [1.165, 1.54) is 9.21 Å². The smallest absolute Gasteiger partial charge is 0.410 e. The number of benzene rings is 1. The lowest BCUT2D eigenvalue weighted by Crippen LogP contribution is -2.59. The highest BCUT2D eigenvalue weighted by Gasteiger charge is 2.62. The second-order valence-corrected chi connectivity index (χ2v) is 17.1. The number of carbonyl (C=O) groups excluding carboxylic acids is 5. The standard InChI is InChI=1S/C36H50N6O9S/c1-35(2,3)51-33(46)37-28-16-8-6-4-5-7-15-26-20-36(26,32(45)39-52(48,49)41-17-11-12-18-41)38-30(43)29-19-27(23-42(29)31(28)44)50-34(47)40-21-24-13-9-10-14-25(24)22-40/h7,9-10,13-15,26-29H,4-6,8,11-12,16-23H2,1-3H3,(H,37,46)(H,38,43)(H,39,45)/t26-,27-,28+,29+,36-/m1/s1. The van der Waals surface area contributed by atoms with E-state index in [1.54, 1.807) is 25.7 Å². The van der Waals surface area contributed by atoms with Gasteiger partial charge in [0.05, 0.1) is 6.54 Å². The highest BCUT2D eigenvalue weighted by atomic mass is 32.2. The molecule has 1 aromatic carbocycles. The van der Waals surface area contributed by atoms with Gasteiger partial charge in [0.25, 0.3) is 5.91 Å². The van der Waals surface area contributed by atoms with Crippen LogP contribution in [0.3, 0.4) is 0 Å². The molecule has 1 aromatic rings. The lowest BCUT2D eigenvalue weighted by Gasteiger charge is -2.30. The van der Waals surface area contributed by atoms with Crippen molar-refractivity contribution in [3.63, 3.8) is 0 Å². The summed E-state index contributed by atoms with van der Waals surface area (Å²) < 4.78 is 41.0. The van der Waals surface area contributed by atoms with Crippen LogP contribution in [-0.2, 0) is 47.2 Å². The lowest BCUT2D eigenvalue weighted by atomic mass is 10.0. The van der Waals surface area contributed by atoms with Crippen LogP contribution in [0.15, 0.2) is 36.4 Å². The number of fused-ring (bicyclic) bond motifs is 3. The molecule has 0 bridgehead atoms. The third kappa shape index (κ3) is 8.54. The summed E-state index contributed by atoms with van der Waals surface area (Å²) in [6.07, 6.45) is 6.10. The van der Waals surface area contributed by atoms with Gasteiger partial charge in [0.15, 0.2) is 0 Å². The molecule has 5 atom stereocenters. The highest BCUT2D eigenvalue weighted by molar-refractivity contribution is 7.87. The zero-order chi connectivity index (χ0) is 37.3. The molecule has 1 aliphatic carbocycles. The first-order chi connectivity index (χ1) is 24.6. The van der Waals surface area contributed by atoms with Crippen molar-refractivity contribution >= 4 is 40.1 Å². The van der Waals surface area contributed by atoms with Gasteiger partial charge in [-0.3, -0.25) is 19.3 Å². The van der Waals surface area contributed by atoms with Crippen LogP contribution in [0.1, 0.15) is 89.7 Å². The van der Waals surface area contributed by atoms with Crippen LogP contribution in [0.2, 0.25) is 0 Å². The predicted octanol–water partition coefficient (Wildman–Crippen LogP) is 2.85. The quantitative estimate of drug-likeness (QED) is 0.382. The summed E-state index contributed by atoms with van der Waals surface area (Å²) in [5, 5.41) is 5.53. The van der Waals surface area contributed by atoms with Gasteiger partial charge in [-0.15, -0.1) is 0 Å². The van der Waals surface area contributed by atoms with Gasteiger partial charge < -0.3 is 25.0 Å². The molecule has 4 heterocycles. The molecule has 3 fully saturated rings. The molecule has 2 saturated heterocycles. The average molecular weight is 743 g/mol. The van der Waals surface area contributed by atoms with Crippen molar-refractivity contribution in [1.82, 2.24) is 29.5 Å². The van der Waals surface area contributed by atoms with E-state index in [0.29, 0.717) is 51.9 Å². The first kappa shape index (κ1) is 37.6. The SMILES string of the molecule is CC(C)(C)OC(=O)N[C@H]1CCCCCC=C[C@@H]2C[C@@]2(C(=O)NS(=O)(=O)N2CCCC2)NC(=O)[C@@H]2C[C@@H](OC(=O)N3Cc4ccccc4C3)CN2C1=O. The molecular weight excluding hydrogens is 692 g/mol. The van der Waals surface area contributed by atoms with Crippen molar-refractivity contribution in [2.75, 3.05) is 19.6 Å². The molecule has 5 amide bonds. The number of allylic oxidation sites excluding steroid dienone is 1. The molecule has 6 rings (SSSR count). The monoisotopic (exact) mass is 742 g/mol. The normalized spacial score (nSPS) is 28.4. The van der Waals surface area contributed by atoms with E-state index in [1.807, 2.05) is 36.4 Å². The van der Waals surface area contributed by atoms with E-state index in [4.69, 9.17) is 9.47 Å². The fourth-order valence-electron chi connectivity index (χ4n) is 7.50. The average Bonchev–Trinajstić information content (AvgIpc) is 3.53. The van der Waals surface area contributed by atoms with Crippen molar-refractivity contribution in [3.8, 4) is 0 Å². The van der Waals surface area contributed by atoms with Gasteiger partial charge in [0.2, 0.25) is 11.8 Å². The third-order valence-corrected chi connectivity index (χ3v) is 11.8. The Morgan fingerprint density at radius 1 is 0.981 bits per heavy atom. The molecule has 0 aromatic heterocycles. The van der Waals surface area contributed by atoms with Gasteiger partial charge in [-0.1, -0.05) is 49.3 Å². The summed E-state index contributed by atoms with van der Waals surface area (Å²) in [4.78, 5) is 71.5. The van der Waals surface area contributed by atoms with Gasteiger partial charge >= 0.3 is 22.4 Å². The fraction of sp³-hybridized carbons (Fsp3) is 0.639. The Labute approximate surface area is 305 Å². The molecule has 5 aliphatic rings. The number of hydrogen-bond acceptors (Lipinski definition) is 9. The number of amides is 5. The number of hydrogen-bond donors (Lipinski definition) is 3. The van der Waals surface area contributed by atoms with Crippen LogP contribution in [0, 0.1) is 5.92 Å². The van der Waals surface area contributed by atoms with Crippen molar-refractivity contribution in [2.45, 2.75) is 121 Å². The third-order valence-electron chi connectivity index (χ3n) is 10.3. The van der Waals surface area contributed by atoms with E-state index in [2.05, 4.69) is 15.4 Å². The first-order valence-corrected chi connectivity index (χ1v) is 19.7. The molecular formula is C36H50N6O9S. The molecule has 284 valence electrons. The maximum Gasteiger partial charge on any atom is 0.410 e. The number of alkyl carbamates (subject to hydrolysis) is 1. The Bertz CT molecular complexity index is 1680. The number of rotatable bonds is 5. The zero-order valence-corrected chi connectivity index (χ0v) is 30.9. The van der Waals surface area contributed by atoms with Gasteiger partial charge in [0.1, 0.15) is 29.3 Å². The van der Waals surface area contributed by atoms with Gasteiger partial charge in [-0.25, -0.2) is 14.3 Å². The van der Waals surface area contributed by atoms with E-state index in [-0.39, 0.29) is 25.8 Å².